The molecule has 8 aliphatic rings. The second-order valence-electron chi connectivity index (χ2n) is 34.3. The van der Waals surface area contributed by atoms with Crippen molar-refractivity contribution in [3.05, 3.63) is 143 Å². The van der Waals surface area contributed by atoms with Crippen molar-refractivity contribution >= 4 is 35.9 Å². The van der Waals surface area contributed by atoms with Gasteiger partial charge in [0.1, 0.15) is 35.4 Å². The van der Waals surface area contributed by atoms with Gasteiger partial charge in [-0.3, -0.25) is 19.2 Å². The van der Waals surface area contributed by atoms with Gasteiger partial charge in [0.25, 0.3) is 0 Å². The standard InChI is InChI=1S/C47H60N8O6.C35H40N4.C8H14O4/c1-27(2)39(52-45(58)60-5)43(56)54-21-9-11-37(54)41-48-25-35(50-41)30-15-13-29(14-16-30)31-17-18-32(34-24-47(23-33(31)34)19-7-8-20-47)36-26-49-42(51-36)38-12-10-22-55(38)44(57)40(28(3)4)53-46(59)61-6;1-2-8-25(7-1)33-36-21-31(38-33)24-13-11-23(12-14-24)27-15-16-28(30-20-35(19-29(27)30)17-5-6-18-35)32-22-37-34(39-32)26-9-3-4-10-26;1-5(2)6(8(10)11)4-7(9)12-3/h13-18,25-28,37-40H,7-12,19-24H2,1-6H3,(H,48,50)(H,49,51)(H,52,58)(H,53,59);11-16,21-22,25-26H,1-10,17-20H2,(H,36,38)(H,37,39);5-6H,4H2,1-3H3,(H,10,11)/t37-,38-,39-,40-;;6-/m0.0/s1. The van der Waals surface area contributed by atoms with E-state index in [0.717, 1.165) is 78.4 Å². The highest BCUT2D eigenvalue weighted by Crippen LogP contribution is 2.55. The van der Waals surface area contributed by atoms with Crippen LogP contribution in [0.2, 0.25) is 0 Å². The quantitative estimate of drug-likeness (QED) is 0.0276. The van der Waals surface area contributed by atoms with Crippen LogP contribution in [0.1, 0.15) is 246 Å². The Morgan fingerprint density at radius 1 is 0.429 bits per heavy atom. The van der Waals surface area contributed by atoms with E-state index in [0.29, 0.717) is 30.3 Å². The Labute approximate surface area is 658 Å². The Morgan fingerprint density at radius 2 is 0.768 bits per heavy atom. The molecule has 22 nitrogen and oxygen atoms in total. The number of ether oxygens (including phenoxy) is 3. The molecule has 594 valence electrons. The summed E-state index contributed by atoms with van der Waals surface area (Å²) in [7, 11) is 3.86. The summed E-state index contributed by atoms with van der Waals surface area (Å²) in [5.74, 6) is 2.56. The molecule has 7 N–H and O–H groups in total. The number of fused-ring (bicyclic) bond motifs is 2. The molecule has 4 amide bonds. The number of hydrogen-bond acceptors (Lipinski definition) is 13. The molecular weight excluding hydrogens is 1410 g/mol. The zero-order valence-corrected chi connectivity index (χ0v) is 66.9. The molecule has 2 spiro atoms. The summed E-state index contributed by atoms with van der Waals surface area (Å²) in [6.07, 6.45) is 35.4. The number of aromatic amines is 4. The summed E-state index contributed by atoms with van der Waals surface area (Å²) in [5, 5.41) is 14.1. The smallest absolute Gasteiger partial charge is 0.407 e. The van der Waals surface area contributed by atoms with E-state index in [-0.39, 0.29) is 53.5 Å². The lowest BCUT2D eigenvalue weighted by molar-refractivity contribution is -0.151. The van der Waals surface area contributed by atoms with E-state index in [1.807, 2.05) is 56.1 Å². The molecule has 6 heterocycles. The van der Waals surface area contributed by atoms with Crippen molar-refractivity contribution in [1.82, 2.24) is 60.3 Å². The number of nitrogens with zero attached hydrogens (tertiary/aromatic N) is 6. The topological polar surface area (TPSA) is 296 Å². The van der Waals surface area contributed by atoms with Crippen LogP contribution in [0.3, 0.4) is 0 Å². The number of alkyl carbamates (subject to hydrolysis) is 2. The third-order valence-corrected chi connectivity index (χ3v) is 26.1. The fourth-order valence-electron chi connectivity index (χ4n) is 19.8. The Morgan fingerprint density at radius 3 is 1.13 bits per heavy atom. The van der Waals surface area contributed by atoms with Gasteiger partial charge in [0, 0.05) is 36.1 Å². The number of carbonyl (C=O) groups is 6. The van der Waals surface area contributed by atoms with E-state index in [2.05, 4.69) is 114 Å². The Balaban J connectivity index is 0.000000173. The molecule has 0 bridgehead atoms. The third kappa shape index (κ3) is 16.8. The lowest BCUT2D eigenvalue weighted by atomic mass is 9.82. The molecular formula is C90H114N12O10. The van der Waals surface area contributed by atoms with Crippen molar-refractivity contribution in [2.75, 3.05) is 34.4 Å². The number of methoxy groups -OCH3 is 3. The van der Waals surface area contributed by atoms with Gasteiger partial charge in [-0.2, -0.15) is 0 Å². The van der Waals surface area contributed by atoms with Crippen molar-refractivity contribution in [3.8, 4) is 67.3 Å². The number of nitrogens with one attached hydrogen (secondary N) is 6. The molecule has 4 saturated carbocycles. The van der Waals surface area contributed by atoms with Crippen LogP contribution in [0.25, 0.3) is 67.3 Å². The second-order valence-corrected chi connectivity index (χ2v) is 34.3. The zero-order valence-electron chi connectivity index (χ0n) is 66.9. The van der Waals surface area contributed by atoms with Crippen molar-refractivity contribution in [1.29, 1.82) is 0 Å². The number of aliphatic carboxylic acids is 1. The summed E-state index contributed by atoms with van der Waals surface area (Å²) in [5.41, 5.74) is 20.9. The predicted octanol–water partition coefficient (Wildman–Crippen LogP) is 17.9. The third-order valence-electron chi connectivity index (χ3n) is 26.1. The van der Waals surface area contributed by atoms with Crippen LogP contribution >= 0.6 is 0 Å². The fourth-order valence-corrected chi connectivity index (χ4v) is 19.8. The number of benzene rings is 4. The first kappa shape index (κ1) is 78.8. The van der Waals surface area contributed by atoms with Crippen LogP contribution in [0, 0.1) is 34.5 Å². The van der Waals surface area contributed by atoms with Gasteiger partial charge in [-0.05, 0) is 187 Å². The van der Waals surface area contributed by atoms with Gasteiger partial charge in [-0.25, -0.2) is 29.5 Å². The van der Waals surface area contributed by atoms with E-state index in [1.165, 1.54) is 199 Å². The van der Waals surface area contributed by atoms with Crippen LogP contribution in [0.15, 0.2) is 97.6 Å². The Hall–Kier alpha value is -9.86. The molecule has 112 heavy (non-hydrogen) atoms. The number of likely N-dealkylation sites (tertiary alicyclic amines) is 2. The first-order valence-corrected chi connectivity index (χ1v) is 41.4. The van der Waals surface area contributed by atoms with Gasteiger partial charge in [-0.15, -0.1) is 0 Å². The molecule has 8 aromatic rings. The van der Waals surface area contributed by atoms with Crippen molar-refractivity contribution in [3.63, 3.8) is 0 Å². The normalized spacial score (nSPS) is 19.7. The minimum Gasteiger partial charge on any atom is -0.481 e. The van der Waals surface area contributed by atoms with Crippen LogP contribution in [0.4, 0.5) is 9.59 Å². The van der Waals surface area contributed by atoms with E-state index >= 15 is 0 Å². The van der Waals surface area contributed by atoms with Gasteiger partial charge in [0.2, 0.25) is 11.8 Å². The lowest BCUT2D eigenvalue weighted by Crippen LogP contribution is -2.51. The number of aromatic nitrogens is 8. The molecule has 5 atom stereocenters. The van der Waals surface area contributed by atoms with Crippen molar-refractivity contribution < 1.29 is 48.1 Å². The SMILES string of the molecule is COC(=O)C[C@H](C(=O)O)C(C)C.COC(=O)N[C@H](C(=O)N1CCC[C@H]1c1ncc(-c2ccc(-c3ccc(-c4cnc([C@@H]5CCCN5C(=O)[C@@H](NC(=O)OC)C(C)C)[nH]4)c4c3CC3(CCCC3)C4)cc2)[nH]1)C(C)C.c1cc(-c2ccc(-c3cnc(C4CCCC4)[nH]3)c3c2CC2(CCCC2)C3)ccc1-c1cnc(C2CCCC2)[nH]1. The summed E-state index contributed by atoms with van der Waals surface area (Å²) < 4.78 is 14.0. The van der Waals surface area contributed by atoms with Gasteiger partial charge < -0.3 is 59.7 Å². The number of rotatable bonds is 20. The number of carboxylic acid groups (broad SMARTS) is 1. The Kier molecular flexibility index (Phi) is 24.1. The summed E-state index contributed by atoms with van der Waals surface area (Å²) in [4.78, 5) is 110. The minimum atomic E-state index is -0.949. The van der Waals surface area contributed by atoms with Gasteiger partial charge in [0.15, 0.2) is 0 Å². The van der Waals surface area contributed by atoms with Gasteiger partial charge >= 0.3 is 24.1 Å². The average molecular weight is 1520 g/mol. The molecule has 6 aliphatic carbocycles. The minimum absolute atomic E-state index is 0.0521. The van der Waals surface area contributed by atoms with E-state index in [1.54, 1.807) is 25.0 Å². The maximum atomic E-state index is 13.8. The highest BCUT2D eigenvalue weighted by Gasteiger charge is 2.45. The van der Waals surface area contributed by atoms with Crippen LogP contribution in [-0.2, 0) is 59.1 Å². The van der Waals surface area contributed by atoms with E-state index in [9.17, 15) is 28.8 Å². The number of carboxylic acids is 1. The molecule has 0 unspecified atom stereocenters. The summed E-state index contributed by atoms with van der Waals surface area (Å²) >= 11 is 0. The Bertz CT molecular complexity index is 4660. The summed E-state index contributed by atoms with van der Waals surface area (Å²) in [6, 6.07) is 25.4. The molecule has 2 saturated heterocycles. The van der Waals surface area contributed by atoms with Crippen molar-refractivity contribution in [2.45, 2.75) is 238 Å². The van der Waals surface area contributed by atoms with Gasteiger partial charge in [0.05, 0.1) is 93.3 Å². The van der Waals surface area contributed by atoms with Gasteiger partial charge in [-0.1, -0.05) is 166 Å². The second kappa shape index (κ2) is 34.2. The molecule has 2 aliphatic heterocycles. The first-order chi connectivity index (χ1) is 54.1. The number of H-pyrrole nitrogens is 4. The zero-order chi connectivity index (χ0) is 78.5. The van der Waals surface area contributed by atoms with Crippen LogP contribution in [-0.4, -0.2) is 137 Å². The maximum Gasteiger partial charge on any atom is 0.407 e. The van der Waals surface area contributed by atoms with E-state index < -0.39 is 42.1 Å². The lowest BCUT2D eigenvalue weighted by Gasteiger charge is -2.30. The van der Waals surface area contributed by atoms with Crippen molar-refractivity contribution in [2.24, 2.45) is 34.5 Å². The first-order valence-electron chi connectivity index (χ1n) is 41.4. The predicted molar refractivity (Wildman–Crippen MR) is 431 cm³/mol. The van der Waals surface area contributed by atoms with E-state index in [4.69, 9.17) is 34.5 Å². The maximum absolute atomic E-state index is 13.8. The van der Waals surface area contributed by atoms with Crippen LogP contribution < -0.4 is 10.6 Å². The molecule has 6 fully saturated rings. The highest BCUT2D eigenvalue weighted by molar-refractivity contribution is 5.88. The largest absolute Gasteiger partial charge is 0.481 e. The number of amides is 4. The molecule has 22 heteroatoms. The summed E-state index contributed by atoms with van der Waals surface area (Å²) in [6.45, 7) is 12.4. The fraction of sp³-hybridized carbons (Fsp3) is 0.533. The number of hydrogen-bond donors (Lipinski definition) is 7. The highest BCUT2D eigenvalue weighted by atomic mass is 16.5. The number of carbonyl (C=O) groups excluding carboxylic acids is 5. The molecule has 4 aromatic carbocycles. The van der Waals surface area contributed by atoms with Crippen LogP contribution in [0.5, 0.6) is 0 Å². The number of imidazole rings is 4. The monoisotopic (exact) mass is 1520 g/mol. The molecule has 0 radical (unpaired) electrons. The number of esters is 1. The molecule has 16 rings (SSSR count). The average Bonchev–Trinajstić information content (AvgIpc) is 1.59. The molecule has 4 aromatic heterocycles.